The third kappa shape index (κ3) is 3.34. The molecule has 0 amide bonds. The summed E-state index contributed by atoms with van der Waals surface area (Å²) in [5, 5.41) is 0.788. The fraction of sp³-hybridized carbons (Fsp3) is 0.0769. The van der Waals surface area contributed by atoms with Crippen molar-refractivity contribution in [2.24, 2.45) is 0 Å². The monoisotopic (exact) mass is 474 g/mol. The van der Waals surface area contributed by atoms with Crippen LogP contribution in [0.2, 0.25) is 10.0 Å². The molecular weight excluding hydrogens is 469 g/mol. The topological polar surface area (TPSA) is 0 Å². The maximum atomic E-state index is 6.50. The molecule has 1 atom stereocenters. The molecular formula is C13H7BrCl3I. The molecule has 94 valence electrons. The van der Waals surface area contributed by atoms with Gasteiger partial charge in [0.25, 0.3) is 0 Å². The summed E-state index contributed by atoms with van der Waals surface area (Å²) in [5.74, 6) is 0. The predicted octanol–water partition coefficient (Wildman–Crippen LogP) is 6.69. The van der Waals surface area contributed by atoms with Gasteiger partial charge < -0.3 is 0 Å². The average Bonchev–Trinajstić information content (AvgIpc) is 2.35. The Kier molecular flexibility index (Phi) is 5.23. The lowest BCUT2D eigenvalue weighted by molar-refractivity contribution is 1.12. The number of halogens is 5. The highest BCUT2D eigenvalue weighted by molar-refractivity contribution is 14.1. The minimum atomic E-state index is -0.260. The molecule has 0 fully saturated rings. The van der Waals surface area contributed by atoms with Crippen LogP contribution in [0.5, 0.6) is 0 Å². The summed E-state index contributed by atoms with van der Waals surface area (Å²) in [6.45, 7) is 0. The lowest BCUT2D eigenvalue weighted by atomic mass is 10.0. The van der Waals surface area contributed by atoms with Crippen molar-refractivity contribution in [1.82, 2.24) is 0 Å². The summed E-state index contributed by atoms with van der Waals surface area (Å²) in [7, 11) is 0. The Bertz CT molecular complexity index is 586. The van der Waals surface area contributed by atoms with Crippen molar-refractivity contribution in [3.8, 4) is 0 Å². The molecule has 1 unspecified atom stereocenters. The average molecular weight is 476 g/mol. The number of hydrogen-bond donors (Lipinski definition) is 0. The quantitative estimate of drug-likeness (QED) is 0.335. The van der Waals surface area contributed by atoms with Crippen LogP contribution in [-0.4, -0.2) is 0 Å². The molecule has 0 N–H and O–H groups in total. The minimum absolute atomic E-state index is 0.260. The molecule has 0 nitrogen and oxygen atoms in total. The van der Waals surface area contributed by atoms with Crippen molar-refractivity contribution in [3.63, 3.8) is 0 Å². The maximum Gasteiger partial charge on any atom is 0.0847 e. The molecule has 5 heteroatoms. The molecule has 0 heterocycles. The van der Waals surface area contributed by atoms with E-state index in [-0.39, 0.29) is 5.38 Å². The Morgan fingerprint density at radius 1 is 1.00 bits per heavy atom. The van der Waals surface area contributed by atoms with Gasteiger partial charge in [-0.05, 0) is 64.0 Å². The fourth-order valence-electron chi connectivity index (χ4n) is 1.56. The Hall–Kier alpha value is 0.520. The molecule has 18 heavy (non-hydrogen) atoms. The zero-order chi connectivity index (χ0) is 13.3. The van der Waals surface area contributed by atoms with Crippen LogP contribution >= 0.6 is 73.3 Å². The molecule has 0 saturated heterocycles. The number of benzene rings is 2. The van der Waals surface area contributed by atoms with E-state index in [4.69, 9.17) is 34.8 Å². The van der Waals surface area contributed by atoms with E-state index >= 15 is 0 Å². The second-order valence-corrected chi connectivity index (χ2v) is 7.05. The van der Waals surface area contributed by atoms with Crippen LogP contribution in [-0.2, 0) is 0 Å². The van der Waals surface area contributed by atoms with E-state index in [0.29, 0.717) is 10.0 Å². The molecule has 2 aromatic carbocycles. The van der Waals surface area contributed by atoms with Crippen LogP contribution in [0.4, 0.5) is 0 Å². The first-order valence-electron chi connectivity index (χ1n) is 5.03. The molecule has 2 rings (SSSR count). The van der Waals surface area contributed by atoms with Crippen molar-refractivity contribution in [2.75, 3.05) is 0 Å². The largest absolute Gasteiger partial charge is 0.113 e. The highest BCUT2D eigenvalue weighted by Crippen LogP contribution is 2.36. The SMILES string of the molecule is Clc1ccc(C(Cl)c2cc(I)ccc2Br)cc1Cl. The van der Waals surface area contributed by atoms with Crippen molar-refractivity contribution in [3.05, 3.63) is 65.6 Å². The molecule has 0 aliphatic rings. The molecule has 0 radical (unpaired) electrons. The molecule has 0 spiro atoms. The van der Waals surface area contributed by atoms with Gasteiger partial charge in [-0.2, -0.15) is 0 Å². The van der Waals surface area contributed by atoms with Gasteiger partial charge in [0.1, 0.15) is 0 Å². The van der Waals surface area contributed by atoms with E-state index in [2.05, 4.69) is 38.5 Å². The van der Waals surface area contributed by atoms with Crippen LogP contribution in [0, 0.1) is 3.57 Å². The number of hydrogen-bond acceptors (Lipinski definition) is 0. The Morgan fingerprint density at radius 2 is 1.72 bits per heavy atom. The van der Waals surface area contributed by atoms with Gasteiger partial charge in [0.05, 0.1) is 15.4 Å². The second kappa shape index (κ2) is 6.31. The van der Waals surface area contributed by atoms with Crippen molar-refractivity contribution in [2.45, 2.75) is 5.38 Å². The highest BCUT2D eigenvalue weighted by Gasteiger charge is 2.15. The van der Waals surface area contributed by atoms with Crippen molar-refractivity contribution in [1.29, 1.82) is 0 Å². The molecule has 0 aromatic heterocycles. The van der Waals surface area contributed by atoms with Gasteiger partial charge in [-0.1, -0.05) is 45.2 Å². The standard InChI is InChI=1S/C13H7BrCl3I/c14-10-3-2-8(18)6-9(10)13(17)7-1-4-11(15)12(16)5-7/h1-6,13H. The first-order valence-corrected chi connectivity index (χ1v) is 8.09. The predicted molar refractivity (Wildman–Crippen MR) is 91.0 cm³/mol. The van der Waals surface area contributed by atoms with Crippen LogP contribution in [0.15, 0.2) is 40.9 Å². The molecule has 0 saturated carbocycles. The first-order chi connectivity index (χ1) is 8.49. The zero-order valence-corrected chi connectivity index (χ0v) is 14.9. The van der Waals surface area contributed by atoms with E-state index in [9.17, 15) is 0 Å². The molecule has 0 bridgehead atoms. The minimum Gasteiger partial charge on any atom is -0.113 e. The van der Waals surface area contributed by atoms with Gasteiger partial charge in [0.2, 0.25) is 0 Å². The summed E-state index contributed by atoms with van der Waals surface area (Å²) in [4.78, 5) is 0. The van der Waals surface area contributed by atoms with Crippen LogP contribution < -0.4 is 0 Å². The van der Waals surface area contributed by atoms with E-state index < -0.39 is 0 Å². The van der Waals surface area contributed by atoms with Gasteiger partial charge >= 0.3 is 0 Å². The second-order valence-electron chi connectivity index (χ2n) is 3.70. The normalized spacial score (nSPS) is 12.5. The molecule has 0 aliphatic carbocycles. The molecule has 0 aliphatic heterocycles. The highest BCUT2D eigenvalue weighted by atomic mass is 127. The van der Waals surface area contributed by atoms with Gasteiger partial charge in [-0.3, -0.25) is 0 Å². The van der Waals surface area contributed by atoms with Gasteiger partial charge in [-0.25, -0.2) is 0 Å². The summed E-state index contributed by atoms with van der Waals surface area (Å²) < 4.78 is 2.12. The molecule has 2 aromatic rings. The Labute approximate surface area is 143 Å². The van der Waals surface area contributed by atoms with E-state index in [1.807, 2.05) is 24.3 Å². The first kappa shape index (κ1) is 14.9. The van der Waals surface area contributed by atoms with Crippen molar-refractivity contribution >= 4 is 73.3 Å². The van der Waals surface area contributed by atoms with E-state index in [1.165, 1.54) is 0 Å². The fourth-order valence-corrected chi connectivity index (χ4v) is 3.30. The maximum absolute atomic E-state index is 6.50. The summed E-state index contributed by atoms with van der Waals surface area (Å²) >= 11 is 24.2. The van der Waals surface area contributed by atoms with Gasteiger partial charge in [-0.15, -0.1) is 11.6 Å². The van der Waals surface area contributed by atoms with Crippen LogP contribution in [0.1, 0.15) is 16.5 Å². The van der Waals surface area contributed by atoms with Gasteiger partial charge in [0, 0.05) is 8.04 Å². The summed E-state index contributed by atoms with van der Waals surface area (Å²) in [5.41, 5.74) is 1.94. The number of alkyl halides is 1. The van der Waals surface area contributed by atoms with E-state index in [0.717, 1.165) is 19.2 Å². The number of rotatable bonds is 2. The van der Waals surface area contributed by atoms with Crippen LogP contribution in [0.3, 0.4) is 0 Å². The third-order valence-corrected chi connectivity index (χ3v) is 5.09. The van der Waals surface area contributed by atoms with Crippen molar-refractivity contribution < 1.29 is 0 Å². The van der Waals surface area contributed by atoms with Crippen LogP contribution in [0.25, 0.3) is 0 Å². The van der Waals surface area contributed by atoms with E-state index in [1.54, 1.807) is 12.1 Å². The Morgan fingerprint density at radius 3 is 2.39 bits per heavy atom. The lowest BCUT2D eigenvalue weighted by Gasteiger charge is -2.13. The zero-order valence-electron chi connectivity index (χ0n) is 8.93. The lowest BCUT2D eigenvalue weighted by Crippen LogP contribution is -1.95. The summed E-state index contributed by atoms with van der Waals surface area (Å²) in [6.07, 6.45) is 0. The third-order valence-electron chi connectivity index (χ3n) is 2.47. The van der Waals surface area contributed by atoms with Gasteiger partial charge in [0.15, 0.2) is 0 Å². The smallest absolute Gasteiger partial charge is 0.0847 e. The summed E-state index contributed by atoms with van der Waals surface area (Å²) in [6, 6.07) is 11.5. The Balaban J connectivity index is 2.44.